The van der Waals surface area contributed by atoms with Gasteiger partial charge in [0.2, 0.25) is 5.91 Å². The molecule has 0 atom stereocenters. The van der Waals surface area contributed by atoms with Crippen molar-refractivity contribution < 1.29 is 9.21 Å². The van der Waals surface area contributed by atoms with Crippen LogP contribution in [0.5, 0.6) is 0 Å². The average Bonchev–Trinajstić information content (AvgIpc) is 3.15. The molecule has 0 aliphatic carbocycles. The van der Waals surface area contributed by atoms with Gasteiger partial charge in [0.15, 0.2) is 5.96 Å². The molecule has 0 saturated heterocycles. The summed E-state index contributed by atoms with van der Waals surface area (Å²) in [6.07, 6.45) is 2.42. The number of aliphatic imine (C=N–C) groups is 1. The quantitative estimate of drug-likeness (QED) is 0.152. The number of hydrogen-bond donors (Lipinski definition) is 3. The molecule has 1 amide bonds. The van der Waals surface area contributed by atoms with Crippen molar-refractivity contribution in [3.8, 4) is 0 Å². The molecule has 0 spiro atoms. The molecule has 160 valence electrons. The van der Waals surface area contributed by atoms with E-state index in [2.05, 4.69) is 33.1 Å². The topological polar surface area (TPSA) is 78.7 Å². The summed E-state index contributed by atoms with van der Waals surface area (Å²) in [5.74, 6) is 2.34. The highest BCUT2D eigenvalue weighted by atomic mass is 127. The third kappa shape index (κ3) is 11.8. The molecule has 2 aromatic rings. The van der Waals surface area contributed by atoms with Crippen LogP contribution in [0.2, 0.25) is 0 Å². The lowest BCUT2D eigenvalue weighted by atomic mass is 10.1. The van der Waals surface area contributed by atoms with Crippen molar-refractivity contribution in [2.45, 2.75) is 37.6 Å². The minimum atomic E-state index is -0.265. The molecule has 0 radical (unpaired) electrons. The molecule has 1 heterocycles. The van der Waals surface area contributed by atoms with E-state index in [1.165, 1.54) is 4.90 Å². The smallest absolute Gasteiger partial charge is 0.242 e. The molecule has 0 saturated carbocycles. The second-order valence-electron chi connectivity index (χ2n) is 7.31. The van der Waals surface area contributed by atoms with Crippen molar-refractivity contribution in [3.63, 3.8) is 0 Å². The first-order valence-corrected chi connectivity index (χ1v) is 10.4. The third-order valence-electron chi connectivity index (χ3n) is 3.55. The summed E-state index contributed by atoms with van der Waals surface area (Å²) in [5.41, 5.74) is -0.265. The summed E-state index contributed by atoms with van der Waals surface area (Å²) in [5, 5.41) is 9.48. The zero-order valence-corrected chi connectivity index (χ0v) is 20.4. The number of nitrogens with one attached hydrogen (secondary N) is 3. The zero-order chi connectivity index (χ0) is 20.2. The molecule has 1 aromatic heterocycles. The van der Waals surface area contributed by atoms with Gasteiger partial charge in [-0.3, -0.25) is 4.79 Å². The van der Waals surface area contributed by atoms with E-state index in [0.29, 0.717) is 12.5 Å². The second kappa shape index (κ2) is 13.5. The van der Waals surface area contributed by atoms with Crippen molar-refractivity contribution in [3.05, 3.63) is 54.5 Å². The average molecular weight is 530 g/mol. The number of thioether (sulfide) groups is 1. The lowest BCUT2D eigenvalue weighted by Gasteiger charge is -2.20. The van der Waals surface area contributed by atoms with Crippen LogP contribution in [0.4, 0.5) is 0 Å². The molecule has 2 rings (SSSR count). The maximum absolute atomic E-state index is 12.0. The van der Waals surface area contributed by atoms with Crippen molar-refractivity contribution >= 4 is 47.6 Å². The Morgan fingerprint density at radius 1 is 1.07 bits per heavy atom. The lowest BCUT2D eigenvalue weighted by molar-refractivity contribution is -0.121. The first-order valence-electron chi connectivity index (χ1n) is 9.46. The molecule has 0 aliphatic rings. The predicted molar refractivity (Wildman–Crippen MR) is 131 cm³/mol. The van der Waals surface area contributed by atoms with E-state index < -0.39 is 0 Å². The third-order valence-corrected chi connectivity index (χ3v) is 4.56. The molecule has 1 aromatic carbocycles. The Morgan fingerprint density at radius 3 is 2.45 bits per heavy atom. The minimum absolute atomic E-state index is 0. The number of guanidine groups is 1. The molecule has 0 aliphatic heterocycles. The van der Waals surface area contributed by atoms with E-state index in [-0.39, 0.29) is 42.0 Å². The summed E-state index contributed by atoms with van der Waals surface area (Å²) >= 11 is 1.78. The van der Waals surface area contributed by atoms with Crippen molar-refractivity contribution in [1.82, 2.24) is 16.0 Å². The van der Waals surface area contributed by atoms with Crippen LogP contribution in [0.1, 0.15) is 26.5 Å². The highest BCUT2D eigenvalue weighted by Crippen LogP contribution is 2.15. The van der Waals surface area contributed by atoms with Gasteiger partial charge in [-0.05, 0) is 45.0 Å². The van der Waals surface area contributed by atoms with Crippen molar-refractivity contribution in [2.24, 2.45) is 4.99 Å². The lowest BCUT2D eigenvalue weighted by Crippen LogP contribution is -2.43. The molecular formula is C21H31IN4O2S. The van der Waals surface area contributed by atoms with E-state index in [9.17, 15) is 4.79 Å². The predicted octanol–water partition coefficient (Wildman–Crippen LogP) is 3.68. The molecule has 0 fully saturated rings. The van der Waals surface area contributed by atoms with Gasteiger partial charge >= 0.3 is 0 Å². The van der Waals surface area contributed by atoms with E-state index in [1.54, 1.807) is 18.0 Å². The summed E-state index contributed by atoms with van der Waals surface area (Å²) in [7, 11) is 0. The van der Waals surface area contributed by atoms with Gasteiger partial charge < -0.3 is 20.4 Å². The summed E-state index contributed by atoms with van der Waals surface area (Å²) in [6.45, 7) is 7.36. The number of hydrogen-bond acceptors (Lipinski definition) is 4. The molecule has 6 nitrogen and oxygen atoms in total. The highest BCUT2D eigenvalue weighted by Gasteiger charge is 2.13. The number of amides is 1. The van der Waals surface area contributed by atoms with Gasteiger partial charge in [-0.1, -0.05) is 18.2 Å². The first-order chi connectivity index (χ1) is 13.4. The van der Waals surface area contributed by atoms with Gasteiger partial charge in [0.05, 0.1) is 6.26 Å². The van der Waals surface area contributed by atoms with E-state index >= 15 is 0 Å². The van der Waals surface area contributed by atoms with Gasteiger partial charge in [-0.25, -0.2) is 4.99 Å². The van der Waals surface area contributed by atoms with E-state index in [0.717, 1.165) is 24.5 Å². The molecule has 8 heteroatoms. The number of furan rings is 1. The fourth-order valence-electron chi connectivity index (χ4n) is 2.40. The van der Waals surface area contributed by atoms with E-state index in [1.807, 2.05) is 51.1 Å². The summed E-state index contributed by atoms with van der Waals surface area (Å²) in [6, 6.07) is 14.1. The monoisotopic (exact) mass is 530 g/mol. The first kappa shape index (κ1) is 25.4. The van der Waals surface area contributed by atoms with E-state index in [4.69, 9.17) is 4.42 Å². The van der Waals surface area contributed by atoms with Crippen LogP contribution in [-0.2, 0) is 11.2 Å². The van der Waals surface area contributed by atoms with Crippen molar-refractivity contribution in [1.29, 1.82) is 0 Å². The Balaban J connectivity index is 0.00000420. The Hall–Kier alpha value is -1.68. The van der Waals surface area contributed by atoms with Crippen LogP contribution in [0.3, 0.4) is 0 Å². The maximum atomic E-state index is 12.0. The molecule has 0 bridgehead atoms. The van der Waals surface area contributed by atoms with Gasteiger partial charge in [0, 0.05) is 35.7 Å². The molecule has 3 N–H and O–H groups in total. The standard InChI is InChI=1S/C21H30N4O2S.HI/c1-21(2,3)25-19(26)16-24-20(22-12-11-17-8-7-14-27-17)23-13-15-28-18-9-5-4-6-10-18;/h4-10,14H,11-13,15-16H2,1-3H3,(H,25,26)(H2,22,23,24);1H. The van der Waals surface area contributed by atoms with Crippen LogP contribution in [0, 0.1) is 0 Å². The van der Waals surface area contributed by atoms with Crippen LogP contribution in [-0.4, -0.2) is 42.8 Å². The van der Waals surface area contributed by atoms with Gasteiger partial charge in [-0.15, -0.1) is 35.7 Å². The number of carbonyl (C=O) groups is 1. The number of nitrogens with zero attached hydrogens (tertiary/aromatic N) is 1. The number of rotatable bonds is 9. The Kier molecular flexibility index (Phi) is 11.8. The Bertz CT molecular complexity index is 731. The van der Waals surface area contributed by atoms with Crippen LogP contribution >= 0.6 is 35.7 Å². The van der Waals surface area contributed by atoms with Gasteiger partial charge in [0.1, 0.15) is 12.3 Å². The second-order valence-corrected chi connectivity index (χ2v) is 8.48. The fraction of sp³-hybridized carbons (Fsp3) is 0.429. The molecular weight excluding hydrogens is 499 g/mol. The minimum Gasteiger partial charge on any atom is -0.469 e. The molecule has 29 heavy (non-hydrogen) atoms. The van der Waals surface area contributed by atoms with Crippen LogP contribution < -0.4 is 16.0 Å². The normalized spacial score (nSPS) is 11.5. The van der Waals surface area contributed by atoms with Crippen LogP contribution in [0.25, 0.3) is 0 Å². The SMILES string of the molecule is CC(C)(C)NC(=O)CN=C(NCCSc1ccccc1)NCCc1ccco1.I. The number of carbonyl (C=O) groups excluding carboxylic acids is 1. The molecule has 0 unspecified atom stereocenters. The highest BCUT2D eigenvalue weighted by molar-refractivity contribution is 14.0. The Morgan fingerprint density at radius 2 is 1.79 bits per heavy atom. The number of benzene rings is 1. The van der Waals surface area contributed by atoms with Crippen molar-refractivity contribution in [2.75, 3.05) is 25.4 Å². The maximum Gasteiger partial charge on any atom is 0.242 e. The van der Waals surface area contributed by atoms with Gasteiger partial charge in [-0.2, -0.15) is 0 Å². The van der Waals surface area contributed by atoms with Gasteiger partial charge in [0.25, 0.3) is 0 Å². The summed E-state index contributed by atoms with van der Waals surface area (Å²) < 4.78 is 5.35. The largest absolute Gasteiger partial charge is 0.469 e. The fourth-order valence-corrected chi connectivity index (χ4v) is 3.19. The summed E-state index contributed by atoms with van der Waals surface area (Å²) in [4.78, 5) is 17.7. The number of halogens is 1. The zero-order valence-electron chi connectivity index (χ0n) is 17.2. The Labute approximate surface area is 194 Å². The van der Waals surface area contributed by atoms with Crippen LogP contribution in [0.15, 0.2) is 63.0 Å².